The van der Waals surface area contributed by atoms with Crippen LogP contribution in [0, 0.1) is 0 Å². The monoisotopic (exact) mass is 278 g/mol. The quantitative estimate of drug-likeness (QED) is 0.179. The molecule has 0 fully saturated rings. The molecule has 0 saturated heterocycles. The van der Waals surface area contributed by atoms with Gasteiger partial charge in [-0.3, -0.25) is 0 Å². The Hall–Kier alpha value is -0.780. The van der Waals surface area contributed by atoms with Crippen molar-refractivity contribution in [3.63, 3.8) is 0 Å². The smallest absolute Gasteiger partial charge is 0.539 e. The van der Waals surface area contributed by atoms with Gasteiger partial charge in [-0.05, 0) is 0 Å². The number of hydrogen-bond acceptors (Lipinski definition) is 10. The van der Waals surface area contributed by atoms with Gasteiger partial charge < -0.3 is 29.3 Å². The molecule has 0 aromatic heterocycles. The van der Waals surface area contributed by atoms with Crippen molar-refractivity contribution in [3.05, 3.63) is 0 Å². The van der Waals surface area contributed by atoms with Crippen LogP contribution in [0.1, 0.15) is 0 Å². The van der Waals surface area contributed by atoms with Crippen molar-refractivity contribution < 1.29 is 108 Å². The molecule has 0 aromatic rings. The maximum Gasteiger partial charge on any atom is 1.00 e. The van der Waals surface area contributed by atoms with Gasteiger partial charge in [0.1, 0.15) is 0 Å². The summed E-state index contributed by atoms with van der Waals surface area (Å²) in [4.78, 5) is 60.6. The summed E-state index contributed by atoms with van der Waals surface area (Å²) in [5.74, 6) is -13.6. The molecule has 18 heavy (non-hydrogen) atoms. The average Bonchev–Trinajstić information content (AvgIpc) is 2.16. The van der Waals surface area contributed by atoms with E-state index in [1.165, 1.54) is 0 Å². The van der Waals surface area contributed by atoms with E-state index in [-0.39, 0.29) is 59.1 Å². The Labute approximate surface area is 142 Å². The summed E-state index contributed by atoms with van der Waals surface area (Å²) in [6.45, 7) is 0. The van der Waals surface area contributed by atoms with Crippen LogP contribution < -0.4 is 69.3 Å². The molecule has 0 aliphatic heterocycles. The van der Waals surface area contributed by atoms with Crippen molar-refractivity contribution in [2.45, 2.75) is 0 Å². The predicted molar refractivity (Wildman–Crippen MR) is 32.2 cm³/mol. The van der Waals surface area contributed by atoms with Gasteiger partial charge in [0.2, 0.25) is 0 Å². The molecule has 0 aliphatic carbocycles. The summed E-state index contributed by atoms with van der Waals surface area (Å²) in [5, 5.41) is 19.5. The van der Waals surface area contributed by atoms with E-state index in [4.69, 9.17) is 0 Å². The minimum atomic E-state index is -2.42. The summed E-state index contributed by atoms with van der Waals surface area (Å²) < 4.78 is 6.55. The van der Waals surface area contributed by atoms with E-state index in [1.54, 1.807) is 0 Å². The molecule has 86 valence electrons. The Morgan fingerprint density at radius 3 is 0.944 bits per heavy atom. The molecule has 0 rings (SSSR count). The topological polar surface area (TPSA) is 167 Å². The summed E-state index contributed by atoms with van der Waals surface area (Å²) in [7, 11) is 0. The van der Waals surface area contributed by atoms with E-state index < -0.39 is 35.8 Å². The zero-order valence-electron chi connectivity index (χ0n) is 9.08. The molecule has 12 heteroatoms. The normalized spacial score (nSPS) is 7.78. The third kappa shape index (κ3) is 8.33. The van der Waals surface area contributed by atoms with Crippen LogP contribution >= 0.6 is 0 Å². The van der Waals surface area contributed by atoms with Crippen LogP contribution in [-0.4, -0.2) is 35.8 Å². The summed E-state index contributed by atoms with van der Waals surface area (Å²) >= 11 is 0. The van der Waals surface area contributed by atoms with Crippen LogP contribution in [0.2, 0.25) is 0 Å². The molecule has 0 saturated carbocycles. The molecule has 0 aliphatic rings. The number of hydrogen-bond donors (Lipinski definition) is 0. The van der Waals surface area contributed by atoms with Gasteiger partial charge in [-0.2, -0.15) is 0 Å². The fourth-order valence-electron chi connectivity index (χ4n) is 0.335. The first kappa shape index (κ1) is 22.4. The minimum absolute atomic E-state index is 0. The van der Waals surface area contributed by atoms with E-state index in [9.17, 15) is 39.0 Å². The van der Waals surface area contributed by atoms with E-state index in [0.717, 1.165) is 0 Å². The molecule has 0 aromatic carbocycles. The van der Waals surface area contributed by atoms with Crippen LogP contribution in [0.15, 0.2) is 0 Å². The van der Waals surface area contributed by atoms with E-state index >= 15 is 0 Å². The van der Waals surface area contributed by atoms with Gasteiger partial charge in [-0.1, -0.05) is 0 Å². The summed E-state index contributed by atoms with van der Waals surface area (Å²) in [5.41, 5.74) is 0. The van der Waals surface area contributed by atoms with Crippen molar-refractivity contribution in [1.29, 1.82) is 0 Å². The van der Waals surface area contributed by atoms with Crippen molar-refractivity contribution in [2.24, 2.45) is 0 Å². The number of ether oxygens (including phenoxy) is 2. The van der Waals surface area contributed by atoms with Crippen molar-refractivity contribution in [3.8, 4) is 0 Å². The second-order valence-corrected chi connectivity index (χ2v) is 1.93. The number of carboxylic acid groups (broad SMARTS) is 2. The van der Waals surface area contributed by atoms with Crippen molar-refractivity contribution in [2.75, 3.05) is 0 Å². The third-order valence-electron chi connectivity index (χ3n) is 0.871. The molecule has 10 nitrogen and oxygen atoms in total. The fourth-order valence-corrected chi connectivity index (χ4v) is 0.335. The zero-order valence-corrected chi connectivity index (χ0v) is 13.1. The van der Waals surface area contributed by atoms with Crippen molar-refractivity contribution >= 4 is 35.8 Å². The van der Waals surface area contributed by atoms with Gasteiger partial charge in [0.15, 0.2) is 11.9 Å². The Balaban J connectivity index is -0.00000112. The SMILES string of the molecule is O=C([O-])C(=O)OC(=O)C(=O)OC(=O)C(=O)[O-].[Na+].[Na+]. The van der Waals surface area contributed by atoms with Crippen LogP contribution in [0.25, 0.3) is 0 Å². The molecule has 0 N–H and O–H groups in total. The van der Waals surface area contributed by atoms with Crippen LogP contribution in [-0.2, 0) is 38.2 Å². The van der Waals surface area contributed by atoms with Gasteiger partial charge in [0.05, 0.1) is 0 Å². The van der Waals surface area contributed by atoms with E-state index in [1.807, 2.05) is 0 Å². The number of rotatable bonds is 0. The Bertz CT molecular complexity index is 361. The standard InChI is InChI=1S/C6H2O10.2Na/c7-1(8)3(11)15-5(13)6(14)16-4(12)2(9)10;;/h(H,7,8)(H,9,10);;/q;2*+1/p-2. The predicted octanol–water partition coefficient (Wildman–Crippen LogP) is -11.4. The first-order valence-electron chi connectivity index (χ1n) is 3.20. The Kier molecular flexibility index (Phi) is 12.7. The maximum atomic E-state index is 10.4. The number of carboxylic acids is 2. The van der Waals surface area contributed by atoms with Crippen molar-refractivity contribution in [1.82, 2.24) is 0 Å². The summed E-state index contributed by atoms with van der Waals surface area (Å²) in [6, 6.07) is 0. The second kappa shape index (κ2) is 10.2. The van der Waals surface area contributed by atoms with Crippen LogP contribution in [0.4, 0.5) is 0 Å². The molecule has 0 bridgehead atoms. The number of carbonyl (C=O) groups excluding carboxylic acids is 6. The van der Waals surface area contributed by atoms with Gasteiger partial charge >= 0.3 is 83.0 Å². The van der Waals surface area contributed by atoms with E-state index in [2.05, 4.69) is 9.47 Å². The largest absolute Gasteiger partial charge is 1.00 e. The minimum Gasteiger partial charge on any atom is -0.539 e. The average molecular weight is 278 g/mol. The Morgan fingerprint density at radius 2 is 0.778 bits per heavy atom. The molecular weight excluding hydrogens is 278 g/mol. The molecule has 0 amide bonds. The van der Waals surface area contributed by atoms with Gasteiger partial charge in [-0.15, -0.1) is 0 Å². The summed E-state index contributed by atoms with van der Waals surface area (Å²) in [6.07, 6.45) is 0. The number of esters is 4. The Morgan fingerprint density at radius 1 is 0.556 bits per heavy atom. The first-order chi connectivity index (χ1) is 7.25. The van der Waals surface area contributed by atoms with Gasteiger partial charge in [-0.25, -0.2) is 19.2 Å². The molecule has 0 unspecified atom stereocenters. The van der Waals surface area contributed by atoms with Gasteiger partial charge in [0, 0.05) is 0 Å². The number of aliphatic carboxylic acids is 2. The second-order valence-electron chi connectivity index (χ2n) is 1.93. The number of carbonyl (C=O) groups is 6. The zero-order chi connectivity index (χ0) is 12.9. The van der Waals surface area contributed by atoms with Crippen LogP contribution in [0.3, 0.4) is 0 Å². The molecule has 0 atom stereocenters. The molecule has 0 radical (unpaired) electrons. The van der Waals surface area contributed by atoms with Crippen LogP contribution in [0.5, 0.6) is 0 Å². The first-order valence-corrected chi connectivity index (χ1v) is 3.20. The molecular formula is C6Na2O10. The van der Waals surface area contributed by atoms with E-state index in [0.29, 0.717) is 0 Å². The maximum absolute atomic E-state index is 10.4. The van der Waals surface area contributed by atoms with Gasteiger partial charge in [0.25, 0.3) is 0 Å². The fraction of sp³-hybridized carbons (Fsp3) is 0. The third-order valence-corrected chi connectivity index (χ3v) is 0.871. The molecule has 0 spiro atoms. The molecule has 0 heterocycles.